The van der Waals surface area contributed by atoms with Crippen LogP contribution in [0, 0.1) is 27.6 Å². The first-order valence-corrected chi connectivity index (χ1v) is 6.08. The molecule has 4 nitrogen and oxygen atoms in total. The van der Waals surface area contributed by atoms with E-state index in [2.05, 4.69) is 5.32 Å². The maximum absolute atomic E-state index is 13.6. The van der Waals surface area contributed by atoms with Crippen LogP contribution in [0.4, 0.5) is 24.5 Å². The second kappa shape index (κ2) is 6.25. The average molecular weight is 296 g/mol. The van der Waals surface area contributed by atoms with E-state index in [9.17, 15) is 23.3 Å². The molecule has 0 aliphatic heterocycles. The molecular weight excluding hydrogens is 285 g/mol. The molecule has 0 unspecified atom stereocenters. The van der Waals surface area contributed by atoms with Crippen molar-refractivity contribution < 1.29 is 18.1 Å². The lowest BCUT2D eigenvalue weighted by Crippen LogP contribution is -2.07. The average Bonchev–Trinajstić information content (AvgIpc) is 2.39. The normalized spacial score (nSPS) is 10.4. The predicted molar refractivity (Wildman–Crippen MR) is 71.6 cm³/mol. The molecule has 0 atom stereocenters. The van der Waals surface area contributed by atoms with E-state index in [0.717, 1.165) is 12.1 Å². The van der Waals surface area contributed by atoms with E-state index in [4.69, 9.17) is 0 Å². The van der Waals surface area contributed by atoms with Crippen LogP contribution in [-0.2, 0) is 6.42 Å². The van der Waals surface area contributed by atoms with Crippen LogP contribution < -0.4 is 5.32 Å². The van der Waals surface area contributed by atoms with Crippen LogP contribution in [0.2, 0.25) is 0 Å². The number of rotatable bonds is 5. The van der Waals surface area contributed by atoms with Gasteiger partial charge in [0.2, 0.25) is 0 Å². The highest BCUT2D eigenvalue weighted by atomic mass is 19.1. The fourth-order valence-corrected chi connectivity index (χ4v) is 1.86. The van der Waals surface area contributed by atoms with Gasteiger partial charge in [-0.15, -0.1) is 0 Å². The van der Waals surface area contributed by atoms with Gasteiger partial charge >= 0.3 is 0 Å². The Morgan fingerprint density at radius 1 is 1.05 bits per heavy atom. The lowest BCUT2D eigenvalue weighted by Gasteiger charge is -2.07. The number of hydrogen-bond acceptors (Lipinski definition) is 3. The van der Waals surface area contributed by atoms with Gasteiger partial charge < -0.3 is 5.32 Å². The van der Waals surface area contributed by atoms with Gasteiger partial charge in [0, 0.05) is 18.7 Å². The molecule has 0 heterocycles. The third-order valence-corrected chi connectivity index (χ3v) is 2.81. The molecule has 7 heteroatoms. The van der Waals surface area contributed by atoms with Crippen LogP contribution in [0.1, 0.15) is 5.56 Å². The molecule has 110 valence electrons. The number of halogens is 3. The lowest BCUT2D eigenvalue weighted by atomic mass is 10.1. The van der Waals surface area contributed by atoms with Crippen molar-refractivity contribution in [3.05, 3.63) is 69.5 Å². The standard InChI is InChI=1S/C14H11F3N2O2/c15-10-5-9(6-11(16)7-10)3-4-18-14-2-1-12(19(20)21)8-13(14)17/h1-2,5-8,18H,3-4H2. The largest absolute Gasteiger partial charge is 0.382 e. The Balaban J connectivity index is 1.98. The number of nitrogens with zero attached hydrogens (tertiary/aromatic N) is 1. The van der Waals surface area contributed by atoms with Crippen LogP contribution in [0.5, 0.6) is 0 Å². The summed E-state index contributed by atoms with van der Waals surface area (Å²) < 4.78 is 39.5. The Hall–Kier alpha value is -2.57. The number of benzene rings is 2. The summed E-state index contributed by atoms with van der Waals surface area (Å²) in [7, 11) is 0. The van der Waals surface area contributed by atoms with Gasteiger partial charge in [-0.1, -0.05) is 0 Å². The van der Waals surface area contributed by atoms with Gasteiger partial charge in [-0.3, -0.25) is 10.1 Å². The van der Waals surface area contributed by atoms with Crippen molar-refractivity contribution in [3.8, 4) is 0 Å². The Labute approximate surface area is 118 Å². The van der Waals surface area contributed by atoms with Gasteiger partial charge in [0.05, 0.1) is 16.7 Å². The quantitative estimate of drug-likeness (QED) is 0.676. The molecule has 0 spiro atoms. The van der Waals surface area contributed by atoms with E-state index < -0.39 is 22.4 Å². The Kier molecular flexibility index (Phi) is 4.42. The number of nitro groups is 1. The lowest BCUT2D eigenvalue weighted by molar-refractivity contribution is -0.385. The maximum Gasteiger partial charge on any atom is 0.272 e. The predicted octanol–water partition coefficient (Wildman–Crippen LogP) is 3.67. The van der Waals surface area contributed by atoms with Gasteiger partial charge in [0.15, 0.2) is 5.82 Å². The Morgan fingerprint density at radius 2 is 1.71 bits per heavy atom. The van der Waals surface area contributed by atoms with E-state index in [1.165, 1.54) is 24.3 Å². The van der Waals surface area contributed by atoms with Gasteiger partial charge in [-0.25, -0.2) is 13.2 Å². The minimum absolute atomic E-state index is 0.0949. The Bertz CT molecular complexity index is 657. The molecular formula is C14H11F3N2O2. The molecule has 0 saturated heterocycles. The van der Waals surface area contributed by atoms with Crippen molar-refractivity contribution in [1.82, 2.24) is 0 Å². The Morgan fingerprint density at radius 3 is 2.29 bits per heavy atom. The summed E-state index contributed by atoms with van der Waals surface area (Å²) in [5, 5.41) is 13.2. The molecule has 0 saturated carbocycles. The second-order valence-electron chi connectivity index (χ2n) is 4.38. The van der Waals surface area contributed by atoms with Crippen LogP contribution in [0.15, 0.2) is 36.4 Å². The zero-order valence-electron chi connectivity index (χ0n) is 10.8. The summed E-state index contributed by atoms with van der Waals surface area (Å²) in [5.74, 6) is -2.10. The summed E-state index contributed by atoms with van der Waals surface area (Å²) in [5.41, 5.74) is 0.185. The van der Waals surface area contributed by atoms with Crippen molar-refractivity contribution in [1.29, 1.82) is 0 Å². The molecule has 2 aromatic rings. The van der Waals surface area contributed by atoms with E-state index in [0.29, 0.717) is 5.56 Å². The van der Waals surface area contributed by atoms with Crippen LogP contribution in [0.25, 0.3) is 0 Å². The minimum Gasteiger partial charge on any atom is -0.382 e. The smallest absolute Gasteiger partial charge is 0.272 e. The molecule has 2 rings (SSSR count). The summed E-state index contributed by atoms with van der Waals surface area (Å²) in [6.45, 7) is 0.234. The third kappa shape index (κ3) is 3.95. The summed E-state index contributed by atoms with van der Waals surface area (Å²) >= 11 is 0. The van der Waals surface area contributed by atoms with Crippen molar-refractivity contribution in [2.75, 3.05) is 11.9 Å². The molecule has 0 aliphatic carbocycles. The van der Waals surface area contributed by atoms with Gasteiger partial charge in [0.25, 0.3) is 5.69 Å². The van der Waals surface area contributed by atoms with Gasteiger partial charge in [-0.2, -0.15) is 0 Å². The zero-order chi connectivity index (χ0) is 15.4. The highest BCUT2D eigenvalue weighted by Crippen LogP contribution is 2.20. The second-order valence-corrected chi connectivity index (χ2v) is 4.38. The van der Waals surface area contributed by atoms with E-state index in [-0.39, 0.29) is 24.3 Å². The molecule has 21 heavy (non-hydrogen) atoms. The van der Waals surface area contributed by atoms with Crippen molar-refractivity contribution >= 4 is 11.4 Å². The molecule has 0 aromatic heterocycles. The van der Waals surface area contributed by atoms with Gasteiger partial charge in [-0.05, 0) is 30.2 Å². The fraction of sp³-hybridized carbons (Fsp3) is 0.143. The SMILES string of the molecule is O=[N+]([O-])c1ccc(NCCc2cc(F)cc(F)c2)c(F)c1. The van der Waals surface area contributed by atoms with E-state index in [1.54, 1.807) is 0 Å². The summed E-state index contributed by atoms with van der Waals surface area (Å²) in [6, 6.07) is 6.39. The summed E-state index contributed by atoms with van der Waals surface area (Å²) in [4.78, 5) is 9.78. The highest BCUT2D eigenvalue weighted by molar-refractivity contribution is 5.50. The fourth-order valence-electron chi connectivity index (χ4n) is 1.86. The first kappa shape index (κ1) is 14.8. The molecule has 0 amide bonds. The molecule has 0 aliphatic rings. The summed E-state index contributed by atoms with van der Waals surface area (Å²) in [6.07, 6.45) is 0.283. The maximum atomic E-state index is 13.6. The number of non-ortho nitro benzene ring substituents is 1. The number of anilines is 1. The monoisotopic (exact) mass is 296 g/mol. The van der Waals surface area contributed by atoms with E-state index >= 15 is 0 Å². The third-order valence-electron chi connectivity index (χ3n) is 2.81. The first-order chi connectivity index (χ1) is 9.95. The first-order valence-electron chi connectivity index (χ1n) is 6.08. The van der Waals surface area contributed by atoms with E-state index in [1.807, 2.05) is 0 Å². The molecule has 0 bridgehead atoms. The van der Waals surface area contributed by atoms with Gasteiger partial charge in [0.1, 0.15) is 11.6 Å². The molecule has 1 N–H and O–H groups in total. The number of hydrogen-bond donors (Lipinski definition) is 1. The van der Waals surface area contributed by atoms with Crippen LogP contribution in [0.3, 0.4) is 0 Å². The number of nitro benzene ring substituents is 1. The zero-order valence-corrected chi connectivity index (χ0v) is 10.8. The van der Waals surface area contributed by atoms with Crippen molar-refractivity contribution in [2.24, 2.45) is 0 Å². The molecule has 0 fully saturated rings. The van der Waals surface area contributed by atoms with Crippen molar-refractivity contribution in [3.63, 3.8) is 0 Å². The topological polar surface area (TPSA) is 55.2 Å². The van der Waals surface area contributed by atoms with Crippen LogP contribution in [-0.4, -0.2) is 11.5 Å². The highest BCUT2D eigenvalue weighted by Gasteiger charge is 2.10. The minimum atomic E-state index is -0.755. The number of nitrogens with one attached hydrogen (secondary N) is 1. The molecule has 2 aromatic carbocycles. The molecule has 0 radical (unpaired) electrons. The van der Waals surface area contributed by atoms with Crippen molar-refractivity contribution in [2.45, 2.75) is 6.42 Å². The van der Waals surface area contributed by atoms with Crippen LogP contribution >= 0.6 is 0 Å².